The maximum Gasteiger partial charge on any atom is 0.205 e. The molecule has 1 atom stereocenters. The normalized spacial score (nSPS) is 19.6. The second-order valence-electron chi connectivity index (χ2n) is 8.92. The average molecular weight is 504 g/mol. The van der Waals surface area contributed by atoms with Gasteiger partial charge in [0.2, 0.25) is 5.88 Å². The lowest BCUT2D eigenvalue weighted by atomic mass is 9.70. The van der Waals surface area contributed by atoms with Crippen LogP contribution in [-0.4, -0.2) is 5.78 Å². The van der Waals surface area contributed by atoms with Crippen LogP contribution in [0.15, 0.2) is 59.2 Å². The van der Waals surface area contributed by atoms with Crippen molar-refractivity contribution in [1.82, 2.24) is 0 Å². The number of ketones is 1. The monoisotopic (exact) mass is 502 g/mol. The highest BCUT2D eigenvalue weighted by molar-refractivity contribution is 6.42. The number of ether oxygens (including phenoxy) is 2. The number of allylic oxidation sites excluding steroid dienone is 3. The number of rotatable bonds is 4. The molecular formula is C25H21Cl3N2O3. The first kappa shape index (κ1) is 23.5. The molecule has 2 N–H and O–H groups in total. The third-order valence-electron chi connectivity index (χ3n) is 5.74. The van der Waals surface area contributed by atoms with Crippen LogP contribution in [0.2, 0.25) is 15.1 Å². The number of nitrogens with two attached hydrogens (primary N) is 1. The number of hydrogen-bond donors (Lipinski definition) is 1. The van der Waals surface area contributed by atoms with Crippen molar-refractivity contribution in [1.29, 1.82) is 5.26 Å². The lowest BCUT2D eigenvalue weighted by Crippen LogP contribution is -2.33. The molecule has 1 aliphatic heterocycles. The summed E-state index contributed by atoms with van der Waals surface area (Å²) in [6.07, 6.45) is 0.869. The molecule has 33 heavy (non-hydrogen) atoms. The van der Waals surface area contributed by atoms with Crippen LogP contribution >= 0.6 is 34.8 Å². The molecule has 1 heterocycles. The van der Waals surface area contributed by atoms with Gasteiger partial charge < -0.3 is 15.2 Å². The highest BCUT2D eigenvalue weighted by atomic mass is 35.5. The van der Waals surface area contributed by atoms with Crippen molar-refractivity contribution in [2.24, 2.45) is 11.1 Å². The summed E-state index contributed by atoms with van der Waals surface area (Å²) >= 11 is 18.4. The molecule has 1 unspecified atom stereocenters. The van der Waals surface area contributed by atoms with Crippen molar-refractivity contribution < 1.29 is 14.3 Å². The summed E-state index contributed by atoms with van der Waals surface area (Å²) < 4.78 is 11.9. The van der Waals surface area contributed by atoms with Crippen LogP contribution in [0.1, 0.15) is 43.7 Å². The third-order valence-corrected chi connectivity index (χ3v) is 6.71. The molecule has 0 aromatic heterocycles. The minimum atomic E-state index is -0.732. The Labute approximate surface area is 207 Å². The molecule has 2 aliphatic rings. The second kappa shape index (κ2) is 8.95. The van der Waals surface area contributed by atoms with E-state index >= 15 is 0 Å². The van der Waals surface area contributed by atoms with Gasteiger partial charge in [-0.1, -0.05) is 54.7 Å². The number of halogens is 3. The van der Waals surface area contributed by atoms with Gasteiger partial charge in [-0.2, -0.15) is 5.26 Å². The van der Waals surface area contributed by atoms with Gasteiger partial charge >= 0.3 is 0 Å². The highest BCUT2D eigenvalue weighted by Crippen LogP contribution is 2.50. The van der Waals surface area contributed by atoms with Crippen LogP contribution in [0.4, 0.5) is 0 Å². The fourth-order valence-corrected chi connectivity index (χ4v) is 4.76. The van der Waals surface area contributed by atoms with Crippen LogP contribution in [0.5, 0.6) is 5.75 Å². The Kier molecular flexibility index (Phi) is 6.37. The minimum absolute atomic E-state index is 0.0119. The van der Waals surface area contributed by atoms with Crippen molar-refractivity contribution in [3.05, 3.63) is 85.4 Å². The summed E-state index contributed by atoms with van der Waals surface area (Å²) in [6.45, 7) is 4.19. The summed E-state index contributed by atoms with van der Waals surface area (Å²) in [4.78, 5) is 13.2. The molecule has 0 amide bonds. The average Bonchev–Trinajstić information content (AvgIpc) is 2.73. The smallest absolute Gasteiger partial charge is 0.205 e. The number of hydrogen-bond acceptors (Lipinski definition) is 5. The lowest BCUT2D eigenvalue weighted by Gasteiger charge is -2.37. The van der Waals surface area contributed by atoms with Gasteiger partial charge in [0.25, 0.3) is 0 Å². The zero-order valence-electron chi connectivity index (χ0n) is 18.0. The van der Waals surface area contributed by atoms with Gasteiger partial charge in [-0.3, -0.25) is 4.79 Å². The van der Waals surface area contributed by atoms with E-state index in [1.165, 1.54) is 0 Å². The Morgan fingerprint density at radius 2 is 1.91 bits per heavy atom. The minimum Gasteiger partial charge on any atom is -0.489 e. The van der Waals surface area contributed by atoms with Gasteiger partial charge in [-0.25, -0.2) is 0 Å². The van der Waals surface area contributed by atoms with Gasteiger partial charge in [-0.05, 0) is 41.3 Å². The predicted molar refractivity (Wildman–Crippen MR) is 128 cm³/mol. The summed E-state index contributed by atoms with van der Waals surface area (Å²) in [6, 6.07) is 12.5. The Morgan fingerprint density at radius 3 is 2.61 bits per heavy atom. The number of carbonyl (C=O) groups excluding carboxylic acids is 1. The molecule has 0 saturated heterocycles. The number of benzene rings is 2. The molecule has 0 radical (unpaired) electrons. The largest absolute Gasteiger partial charge is 0.489 e. The quantitative estimate of drug-likeness (QED) is 0.503. The number of nitrogens with zero attached hydrogens (tertiary/aromatic N) is 1. The van der Waals surface area contributed by atoms with E-state index in [0.29, 0.717) is 50.6 Å². The van der Waals surface area contributed by atoms with Gasteiger partial charge in [0.1, 0.15) is 29.8 Å². The Balaban J connectivity index is 1.79. The van der Waals surface area contributed by atoms with Crippen LogP contribution in [0, 0.1) is 16.7 Å². The van der Waals surface area contributed by atoms with Crippen LogP contribution in [0.25, 0.3) is 0 Å². The number of carbonyl (C=O) groups is 1. The van der Waals surface area contributed by atoms with Crippen LogP contribution in [0.3, 0.4) is 0 Å². The van der Waals surface area contributed by atoms with E-state index in [4.69, 9.17) is 50.0 Å². The van der Waals surface area contributed by atoms with Crippen molar-refractivity contribution >= 4 is 40.6 Å². The molecule has 0 saturated carbocycles. The summed E-state index contributed by atoms with van der Waals surface area (Å²) in [5.41, 5.74) is 7.83. The van der Waals surface area contributed by atoms with Crippen molar-refractivity contribution in [2.75, 3.05) is 0 Å². The first-order valence-electron chi connectivity index (χ1n) is 10.3. The summed E-state index contributed by atoms with van der Waals surface area (Å²) in [5.74, 6) is 0.143. The second-order valence-corrected chi connectivity index (χ2v) is 10.2. The van der Waals surface area contributed by atoms with E-state index in [0.717, 1.165) is 5.56 Å². The van der Waals surface area contributed by atoms with E-state index in [-0.39, 0.29) is 29.3 Å². The maximum atomic E-state index is 13.2. The third kappa shape index (κ3) is 4.70. The van der Waals surface area contributed by atoms with Crippen LogP contribution in [-0.2, 0) is 16.1 Å². The molecule has 2 aromatic rings. The Bertz CT molecular complexity index is 1260. The van der Waals surface area contributed by atoms with E-state index < -0.39 is 5.92 Å². The topological polar surface area (TPSA) is 85.3 Å². The molecule has 1 aliphatic carbocycles. The van der Waals surface area contributed by atoms with Crippen molar-refractivity contribution in [3.63, 3.8) is 0 Å². The molecule has 4 rings (SSSR count). The standard InChI is InChI=1S/C25H21Cl3N2O3/c1-25(2)9-19(31)23-21(10-25)33-24(30)16(11-29)22(23)15-8-14(26)4-6-20(15)32-12-13-3-5-17(27)18(28)7-13/h3-8,22H,9-10,12,30H2,1-2H3. The highest BCUT2D eigenvalue weighted by Gasteiger charge is 2.43. The summed E-state index contributed by atoms with van der Waals surface area (Å²) in [7, 11) is 0. The van der Waals surface area contributed by atoms with Gasteiger partial charge in [0.15, 0.2) is 5.78 Å². The molecular weight excluding hydrogens is 483 g/mol. The van der Waals surface area contributed by atoms with Crippen molar-refractivity contribution in [3.8, 4) is 11.8 Å². The lowest BCUT2D eigenvalue weighted by molar-refractivity contribution is -0.119. The summed E-state index contributed by atoms with van der Waals surface area (Å²) in [5, 5.41) is 11.2. The van der Waals surface area contributed by atoms with Crippen LogP contribution < -0.4 is 10.5 Å². The first-order chi connectivity index (χ1) is 15.6. The number of Topliss-reactive ketones (excluding diaryl/α,β-unsaturated/α-hetero) is 1. The van der Waals surface area contributed by atoms with E-state index in [1.807, 2.05) is 19.9 Å². The molecule has 0 bridgehead atoms. The molecule has 0 spiro atoms. The van der Waals surface area contributed by atoms with Gasteiger partial charge in [0.05, 0.1) is 16.0 Å². The molecule has 8 heteroatoms. The zero-order chi connectivity index (χ0) is 23.9. The van der Waals surface area contributed by atoms with E-state index in [1.54, 1.807) is 30.3 Å². The molecule has 5 nitrogen and oxygen atoms in total. The maximum absolute atomic E-state index is 13.2. The Hall–Kier alpha value is -2.65. The van der Waals surface area contributed by atoms with E-state index in [2.05, 4.69) is 6.07 Å². The fraction of sp³-hybridized carbons (Fsp3) is 0.280. The fourth-order valence-electron chi connectivity index (χ4n) is 4.26. The van der Waals surface area contributed by atoms with Crippen molar-refractivity contribution in [2.45, 2.75) is 39.2 Å². The van der Waals surface area contributed by atoms with Gasteiger partial charge in [0, 0.05) is 29.0 Å². The molecule has 2 aromatic carbocycles. The first-order valence-corrected chi connectivity index (χ1v) is 11.4. The SMILES string of the molecule is CC1(C)CC(=O)C2=C(C1)OC(N)=C(C#N)C2c1cc(Cl)ccc1OCc1ccc(Cl)c(Cl)c1. The van der Waals surface area contributed by atoms with Gasteiger partial charge in [-0.15, -0.1) is 0 Å². The number of nitriles is 1. The molecule has 170 valence electrons. The molecule has 0 fully saturated rings. The predicted octanol–water partition coefficient (Wildman–Crippen LogP) is 6.68. The zero-order valence-corrected chi connectivity index (χ0v) is 20.3. The van der Waals surface area contributed by atoms with E-state index in [9.17, 15) is 10.1 Å². The Morgan fingerprint density at radius 1 is 1.15 bits per heavy atom.